The summed E-state index contributed by atoms with van der Waals surface area (Å²) < 4.78 is 0. The zero-order valence-corrected chi connectivity index (χ0v) is 12.0. The molecule has 0 aromatic carbocycles. The third-order valence-electron chi connectivity index (χ3n) is 2.69. The fraction of sp³-hybridized carbons (Fsp3) is 0.533. The summed E-state index contributed by atoms with van der Waals surface area (Å²) in [5.74, 6) is -0.0742. The van der Waals surface area contributed by atoms with Gasteiger partial charge < -0.3 is 5.32 Å². The normalized spacial score (nSPS) is 11.6. The Labute approximate surface area is 115 Å². The van der Waals surface area contributed by atoms with Crippen LogP contribution in [-0.2, 0) is 14.4 Å². The van der Waals surface area contributed by atoms with Crippen molar-refractivity contribution in [1.82, 2.24) is 5.32 Å². The molecular weight excluding hydrogens is 242 g/mol. The minimum atomic E-state index is -0.182. The van der Waals surface area contributed by atoms with E-state index in [0.29, 0.717) is 25.0 Å². The number of rotatable bonds is 9. The second-order valence-corrected chi connectivity index (χ2v) is 4.18. The van der Waals surface area contributed by atoms with Crippen LogP contribution >= 0.6 is 0 Å². The quantitative estimate of drug-likeness (QED) is 0.514. The Morgan fingerprint density at radius 3 is 2.16 bits per heavy atom. The molecule has 0 aromatic rings. The summed E-state index contributed by atoms with van der Waals surface area (Å²) in [5.41, 5.74) is 0.580. The molecular formula is C15H23NO3. The Kier molecular flexibility index (Phi) is 9.31. The van der Waals surface area contributed by atoms with Gasteiger partial charge in [0, 0.05) is 37.8 Å². The van der Waals surface area contributed by atoms with Crippen LogP contribution in [0.25, 0.3) is 0 Å². The largest absolute Gasteiger partial charge is 0.352 e. The fourth-order valence-corrected chi connectivity index (χ4v) is 1.48. The van der Waals surface area contributed by atoms with Crippen molar-refractivity contribution >= 4 is 17.5 Å². The molecule has 106 valence electrons. The Bertz CT molecular complexity index is 381. The summed E-state index contributed by atoms with van der Waals surface area (Å²) in [5, 5.41) is 2.69. The van der Waals surface area contributed by atoms with Crippen molar-refractivity contribution in [2.45, 2.75) is 46.5 Å². The van der Waals surface area contributed by atoms with Gasteiger partial charge >= 0.3 is 0 Å². The van der Waals surface area contributed by atoms with Crippen molar-refractivity contribution < 1.29 is 14.4 Å². The molecule has 4 heteroatoms. The SMILES string of the molecule is C/C=C\C(=C/C)C(=O)NCCC(=O)CCC(=O)CC. The average molecular weight is 265 g/mol. The lowest BCUT2D eigenvalue weighted by atomic mass is 10.1. The second kappa shape index (κ2) is 10.2. The molecule has 0 saturated carbocycles. The van der Waals surface area contributed by atoms with Gasteiger partial charge in [-0.05, 0) is 13.8 Å². The molecule has 0 aromatic heterocycles. The van der Waals surface area contributed by atoms with Crippen molar-refractivity contribution in [2.24, 2.45) is 0 Å². The van der Waals surface area contributed by atoms with E-state index in [-0.39, 0.29) is 30.3 Å². The highest BCUT2D eigenvalue weighted by Gasteiger charge is 2.08. The standard InChI is InChI=1S/C15H23NO3/c1-4-7-12(5-2)15(19)16-11-10-14(18)9-8-13(17)6-3/h4-5,7H,6,8-11H2,1-3H3,(H,16,19)/b7-4-,12-5+. The van der Waals surface area contributed by atoms with Crippen molar-refractivity contribution in [2.75, 3.05) is 6.54 Å². The lowest BCUT2D eigenvalue weighted by Gasteiger charge is -2.05. The molecule has 0 saturated heterocycles. The van der Waals surface area contributed by atoms with Crippen LogP contribution in [0.2, 0.25) is 0 Å². The first-order chi connectivity index (χ1) is 9.04. The third kappa shape index (κ3) is 8.08. The molecule has 4 nitrogen and oxygen atoms in total. The van der Waals surface area contributed by atoms with Crippen LogP contribution in [0.1, 0.15) is 46.5 Å². The Morgan fingerprint density at radius 2 is 1.63 bits per heavy atom. The minimum Gasteiger partial charge on any atom is -0.352 e. The molecule has 1 amide bonds. The summed E-state index contributed by atoms with van der Waals surface area (Å²) in [6.45, 7) is 5.72. The van der Waals surface area contributed by atoms with Gasteiger partial charge in [0.25, 0.3) is 5.91 Å². The number of ketones is 2. The lowest BCUT2D eigenvalue weighted by Crippen LogP contribution is -2.27. The van der Waals surface area contributed by atoms with E-state index < -0.39 is 0 Å². The van der Waals surface area contributed by atoms with Gasteiger partial charge in [-0.3, -0.25) is 14.4 Å². The number of amides is 1. The predicted molar refractivity (Wildman–Crippen MR) is 75.7 cm³/mol. The molecule has 0 atom stereocenters. The number of allylic oxidation sites excluding steroid dienone is 2. The summed E-state index contributed by atoms with van der Waals surface area (Å²) >= 11 is 0. The zero-order valence-electron chi connectivity index (χ0n) is 12.0. The number of hydrogen-bond acceptors (Lipinski definition) is 3. The van der Waals surface area contributed by atoms with Crippen molar-refractivity contribution in [1.29, 1.82) is 0 Å². The highest BCUT2D eigenvalue weighted by molar-refractivity contribution is 5.96. The summed E-state index contributed by atoms with van der Waals surface area (Å²) in [6.07, 6.45) is 6.55. The smallest absolute Gasteiger partial charge is 0.250 e. The molecule has 0 radical (unpaired) electrons. The molecule has 0 bridgehead atoms. The number of carbonyl (C=O) groups is 3. The maximum absolute atomic E-state index is 11.7. The van der Waals surface area contributed by atoms with Gasteiger partial charge in [-0.25, -0.2) is 0 Å². The number of hydrogen-bond donors (Lipinski definition) is 1. The van der Waals surface area contributed by atoms with E-state index in [1.165, 1.54) is 0 Å². The Morgan fingerprint density at radius 1 is 1.00 bits per heavy atom. The number of Topliss-reactive ketones (excluding diaryl/α,β-unsaturated/α-hetero) is 2. The highest BCUT2D eigenvalue weighted by Crippen LogP contribution is 2.00. The maximum atomic E-state index is 11.7. The van der Waals surface area contributed by atoms with E-state index in [1.807, 2.05) is 6.92 Å². The second-order valence-electron chi connectivity index (χ2n) is 4.18. The van der Waals surface area contributed by atoms with Gasteiger partial charge in [0.05, 0.1) is 0 Å². The van der Waals surface area contributed by atoms with Crippen LogP contribution in [0.3, 0.4) is 0 Å². The molecule has 1 N–H and O–H groups in total. The fourth-order valence-electron chi connectivity index (χ4n) is 1.48. The van der Waals surface area contributed by atoms with Crippen LogP contribution in [0.4, 0.5) is 0 Å². The van der Waals surface area contributed by atoms with Crippen LogP contribution in [-0.4, -0.2) is 24.0 Å². The van der Waals surface area contributed by atoms with Gasteiger partial charge in [0.2, 0.25) is 0 Å². The topological polar surface area (TPSA) is 63.2 Å². The summed E-state index contributed by atoms with van der Waals surface area (Å²) in [7, 11) is 0. The van der Waals surface area contributed by atoms with Crippen molar-refractivity contribution in [3.63, 3.8) is 0 Å². The maximum Gasteiger partial charge on any atom is 0.250 e. The lowest BCUT2D eigenvalue weighted by molar-refractivity contribution is -0.124. The molecule has 0 aliphatic rings. The van der Waals surface area contributed by atoms with E-state index in [2.05, 4.69) is 5.32 Å². The van der Waals surface area contributed by atoms with E-state index >= 15 is 0 Å². The van der Waals surface area contributed by atoms with Crippen molar-refractivity contribution in [3.05, 3.63) is 23.8 Å². The molecule has 0 fully saturated rings. The van der Waals surface area contributed by atoms with Gasteiger partial charge in [-0.15, -0.1) is 0 Å². The van der Waals surface area contributed by atoms with Crippen LogP contribution in [0.15, 0.2) is 23.8 Å². The van der Waals surface area contributed by atoms with Gasteiger partial charge in [0.1, 0.15) is 11.6 Å². The average Bonchev–Trinajstić information content (AvgIpc) is 2.41. The summed E-state index contributed by atoms with van der Waals surface area (Å²) in [4.78, 5) is 34.2. The van der Waals surface area contributed by atoms with Gasteiger partial charge in [0.15, 0.2) is 0 Å². The minimum absolute atomic E-state index is 0.00941. The van der Waals surface area contributed by atoms with Gasteiger partial charge in [-0.2, -0.15) is 0 Å². The Balaban J connectivity index is 3.93. The molecule has 0 rings (SSSR count). The zero-order chi connectivity index (χ0) is 14.7. The van der Waals surface area contributed by atoms with Crippen LogP contribution in [0, 0.1) is 0 Å². The van der Waals surface area contributed by atoms with Crippen molar-refractivity contribution in [3.8, 4) is 0 Å². The summed E-state index contributed by atoms with van der Waals surface area (Å²) in [6, 6.07) is 0. The van der Waals surface area contributed by atoms with E-state index in [9.17, 15) is 14.4 Å². The van der Waals surface area contributed by atoms with E-state index in [1.54, 1.807) is 32.1 Å². The highest BCUT2D eigenvalue weighted by atomic mass is 16.2. The number of carbonyl (C=O) groups excluding carboxylic acids is 3. The molecule has 0 aliphatic carbocycles. The number of nitrogens with one attached hydrogen (secondary N) is 1. The third-order valence-corrected chi connectivity index (χ3v) is 2.69. The van der Waals surface area contributed by atoms with E-state index in [0.717, 1.165) is 0 Å². The first-order valence-corrected chi connectivity index (χ1v) is 6.65. The predicted octanol–water partition coefficient (Wildman–Crippen LogP) is 2.34. The molecule has 0 aliphatic heterocycles. The Hall–Kier alpha value is -1.71. The molecule has 0 spiro atoms. The monoisotopic (exact) mass is 265 g/mol. The molecule has 19 heavy (non-hydrogen) atoms. The molecule has 0 heterocycles. The van der Waals surface area contributed by atoms with Crippen LogP contribution < -0.4 is 5.32 Å². The first-order valence-electron chi connectivity index (χ1n) is 6.65. The van der Waals surface area contributed by atoms with Crippen LogP contribution in [0.5, 0.6) is 0 Å². The van der Waals surface area contributed by atoms with Gasteiger partial charge in [-0.1, -0.05) is 25.2 Å². The van der Waals surface area contributed by atoms with E-state index in [4.69, 9.17) is 0 Å². The first kappa shape index (κ1) is 17.3. The molecule has 0 unspecified atom stereocenters.